The molecule has 0 radical (unpaired) electrons. The van der Waals surface area contributed by atoms with Gasteiger partial charge in [-0.05, 0) is 43.9 Å². The molecule has 0 aromatic rings. The van der Waals surface area contributed by atoms with Crippen LogP contribution in [0.5, 0.6) is 0 Å². The van der Waals surface area contributed by atoms with Crippen LogP contribution in [0.3, 0.4) is 0 Å². The van der Waals surface area contributed by atoms with Crippen LogP contribution in [-0.4, -0.2) is 26.0 Å². The van der Waals surface area contributed by atoms with Gasteiger partial charge in [0.05, 0.1) is 0 Å². The maximum Gasteiger partial charge on any atom is 0.414 e. The summed E-state index contributed by atoms with van der Waals surface area (Å²) < 4.78 is 16.7. The van der Waals surface area contributed by atoms with Gasteiger partial charge in [0, 0.05) is 26.1 Å². The van der Waals surface area contributed by atoms with Crippen molar-refractivity contribution >= 4 is 0 Å². The van der Waals surface area contributed by atoms with Crippen LogP contribution in [0.1, 0.15) is 32.1 Å². The smallest absolute Gasteiger partial charge is 0.310 e. The van der Waals surface area contributed by atoms with Crippen LogP contribution in [0.2, 0.25) is 0 Å². The Labute approximate surface area is 107 Å². The summed E-state index contributed by atoms with van der Waals surface area (Å²) in [5.74, 6) is 2.78. The highest BCUT2D eigenvalue weighted by molar-refractivity contribution is 5.08. The van der Waals surface area contributed by atoms with Crippen LogP contribution >= 0.6 is 0 Å². The predicted molar refractivity (Wildman–Crippen MR) is 62.5 cm³/mol. The molecule has 4 aliphatic carbocycles. The van der Waals surface area contributed by atoms with Crippen LogP contribution in [0.4, 0.5) is 0 Å². The van der Waals surface area contributed by atoms with Crippen molar-refractivity contribution in [3.05, 3.63) is 0 Å². The molecule has 1 spiro atoms. The molecule has 0 amide bonds. The van der Waals surface area contributed by atoms with Crippen LogP contribution in [-0.2, 0) is 14.2 Å². The Bertz CT molecular complexity index is 364. The lowest BCUT2D eigenvalue weighted by Crippen LogP contribution is -2.58. The second-order valence-corrected chi connectivity index (χ2v) is 6.29. The number of hydrogen-bond donors (Lipinski definition) is 0. The van der Waals surface area contributed by atoms with Crippen molar-refractivity contribution in [2.24, 2.45) is 33.9 Å². The van der Waals surface area contributed by atoms with E-state index in [1.54, 1.807) is 14.2 Å². The van der Waals surface area contributed by atoms with Gasteiger partial charge in [0.2, 0.25) is 0 Å². The second kappa shape index (κ2) is 3.52. The van der Waals surface area contributed by atoms with Gasteiger partial charge in [0.25, 0.3) is 0 Å². The Morgan fingerprint density at radius 1 is 0.889 bits per heavy atom. The SMILES string of the molecule is COC1(OC)N=NC2(O1)C1CC3CC(C1)CC2C3. The summed E-state index contributed by atoms with van der Waals surface area (Å²) in [4.78, 5) is 0. The van der Waals surface area contributed by atoms with Crippen LogP contribution in [0.25, 0.3) is 0 Å². The third kappa shape index (κ3) is 1.27. The molecular formula is C13H20N2O3. The Balaban J connectivity index is 1.68. The second-order valence-electron chi connectivity index (χ2n) is 6.29. The lowest BCUT2D eigenvalue weighted by molar-refractivity contribution is -0.393. The topological polar surface area (TPSA) is 52.4 Å². The first-order chi connectivity index (χ1) is 8.70. The van der Waals surface area contributed by atoms with Crippen molar-refractivity contribution in [1.82, 2.24) is 0 Å². The zero-order valence-electron chi connectivity index (χ0n) is 11.0. The minimum Gasteiger partial charge on any atom is -0.310 e. The highest BCUT2D eigenvalue weighted by Gasteiger charge is 2.64. The van der Waals surface area contributed by atoms with E-state index in [0.717, 1.165) is 11.8 Å². The Morgan fingerprint density at radius 3 is 1.89 bits per heavy atom. The minimum absolute atomic E-state index is 0.459. The summed E-state index contributed by atoms with van der Waals surface area (Å²) in [6.07, 6.45) is 5.05. The molecule has 0 unspecified atom stereocenters. The van der Waals surface area contributed by atoms with Gasteiger partial charge in [-0.25, -0.2) is 0 Å². The monoisotopic (exact) mass is 252 g/mol. The lowest BCUT2D eigenvalue weighted by atomic mass is 9.52. The van der Waals surface area contributed by atoms with Gasteiger partial charge in [-0.2, -0.15) is 0 Å². The average molecular weight is 252 g/mol. The van der Waals surface area contributed by atoms with Gasteiger partial charge in [-0.3, -0.25) is 4.74 Å². The summed E-state index contributed by atoms with van der Waals surface area (Å²) >= 11 is 0. The summed E-state index contributed by atoms with van der Waals surface area (Å²) in [5, 5.41) is 8.68. The fourth-order valence-electron chi connectivity index (χ4n) is 4.82. The first-order valence-corrected chi connectivity index (χ1v) is 6.94. The summed E-state index contributed by atoms with van der Waals surface area (Å²) in [6, 6.07) is 0. The molecule has 4 saturated carbocycles. The van der Waals surface area contributed by atoms with Crippen LogP contribution < -0.4 is 0 Å². The predicted octanol–water partition coefficient (Wildman–Crippen LogP) is 2.53. The first kappa shape index (κ1) is 11.3. The largest absolute Gasteiger partial charge is 0.414 e. The number of nitrogens with zero attached hydrogens (tertiary/aromatic N) is 2. The third-order valence-corrected chi connectivity index (χ3v) is 5.45. The molecule has 5 aliphatic rings. The third-order valence-electron chi connectivity index (χ3n) is 5.45. The van der Waals surface area contributed by atoms with Crippen molar-refractivity contribution in [3.8, 4) is 0 Å². The molecule has 18 heavy (non-hydrogen) atoms. The summed E-state index contributed by atoms with van der Waals surface area (Å²) in [5.41, 5.74) is -0.459. The van der Waals surface area contributed by atoms with E-state index in [-0.39, 0.29) is 0 Å². The average Bonchev–Trinajstić information content (AvgIpc) is 2.77. The van der Waals surface area contributed by atoms with Crippen molar-refractivity contribution in [3.63, 3.8) is 0 Å². The number of ether oxygens (including phenoxy) is 3. The number of rotatable bonds is 2. The molecular weight excluding hydrogens is 232 g/mol. The van der Waals surface area contributed by atoms with Crippen molar-refractivity contribution < 1.29 is 14.2 Å². The molecule has 100 valence electrons. The molecule has 4 fully saturated rings. The summed E-state index contributed by atoms with van der Waals surface area (Å²) in [6.45, 7) is 0. The van der Waals surface area contributed by atoms with Gasteiger partial charge in [-0.15, -0.1) is 5.11 Å². The summed E-state index contributed by atoms with van der Waals surface area (Å²) in [7, 11) is 3.11. The standard InChI is InChI=1S/C13H20N2O3/c1-16-13(17-2)15-14-12(18-13)10-4-8-3-9(6-10)7-11(12)5-8/h8-11H,3-7H2,1-2H3. The molecule has 0 aromatic heterocycles. The first-order valence-electron chi connectivity index (χ1n) is 6.94. The van der Waals surface area contributed by atoms with Gasteiger partial charge in [-0.1, -0.05) is 5.11 Å². The maximum absolute atomic E-state index is 6.13. The number of hydrogen-bond acceptors (Lipinski definition) is 5. The number of methoxy groups -OCH3 is 2. The van der Waals surface area contributed by atoms with Gasteiger partial charge in [0.1, 0.15) is 0 Å². The molecule has 1 heterocycles. The highest BCUT2D eigenvalue weighted by Crippen LogP contribution is 2.62. The molecule has 0 N–H and O–H groups in total. The van der Waals surface area contributed by atoms with Crippen molar-refractivity contribution in [2.45, 2.75) is 43.9 Å². The highest BCUT2D eigenvalue weighted by atomic mass is 16.9. The molecule has 4 bridgehead atoms. The Morgan fingerprint density at radius 2 is 1.44 bits per heavy atom. The normalized spacial score (nSPS) is 51.4. The molecule has 5 heteroatoms. The van der Waals surface area contributed by atoms with Gasteiger partial charge >= 0.3 is 6.10 Å². The molecule has 1 aliphatic heterocycles. The van der Waals surface area contributed by atoms with Crippen molar-refractivity contribution in [2.75, 3.05) is 14.2 Å². The van der Waals surface area contributed by atoms with Crippen molar-refractivity contribution in [1.29, 1.82) is 0 Å². The van der Waals surface area contributed by atoms with E-state index in [4.69, 9.17) is 14.2 Å². The molecule has 0 aromatic carbocycles. The van der Waals surface area contributed by atoms with Gasteiger partial charge < -0.3 is 9.47 Å². The molecule has 5 rings (SSSR count). The molecule has 0 atom stereocenters. The quantitative estimate of drug-likeness (QED) is 0.710. The van der Waals surface area contributed by atoms with Crippen LogP contribution in [0.15, 0.2) is 10.2 Å². The van der Waals surface area contributed by atoms with E-state index < -0.39 is 11.8 Å². The van der Waals surface area contributed by atoms with E-state index >= 15 is 0 Å². The fraction of sp³-hybridized carbons (Fsp3) is 1.00. The number of azo groups is 1. The van der Waals surface area contributed by atoms with Gasteiger partial charge in [0.15, 0.2) is 5.72 Å². The molecule has 0 saturated heterocycles. The Kier molecular flexibility index (Phi) is 2.22. The maximum atomic E-state index is 6.13. The minimum atomic E-state index is -1.30. The Hall–Kier alpha value is -0.520. The zero-order valence-corrected chi connectivity index (χ0v) is 11.0. The van der Waals surface area contributed by atoms with E-state index in [1.165, 1.54) is 32.1 Å². The zero-order chi connectivity index (χ0) is 12.4. The molecule has 5 nitrogen and oxygen atoms in total. The lowest BCUT2D eigenvalue weighted by Gasteiger charge is -2.57. The van der Waals surface area contributed by atoms with E-state index in [9.17, 15) is 0 Å². The van der Waals surface area contributed by atoms with E-state index in [2.05, 4.69) is 10.2 Å². The van der Waals surface area contributed by atoms with E-state index in [1.807, 2.05) is 0 Å². The van der Waals surface area contributed by atoms with E-state index in [0.29, 0.717) is 11.8 Å². The van der Waals surface area contributed by atoms with Crippen LogP contribution in [0, 0.1) is 23.7 Å². The fourth-order valence-corrected chi connectivity index (χ4v) is 4.82.